The summed E-state index contributed by atoms with van der Waals surface area (Å²) in [6, 6.07) is 6.40. The second kappa shape index (κ2) is 6.89. The molecule has 0 unspecified atom stereocenters. The van der Waals surface area contributed by atoms with E-state index >= 15 is 0 Å². The molecule has 1 rings (SSSR count). The monoisotopic (exact) mass is 270 g/mol. The van der Waals surface area contributed by atoms with Gasteiger partial charge in [-0.1, -0.05) is 28.9 Å². The lowest BCUT2D eigenvalue weighted by molar-refractivity contribution is 0.317. The van der Waals surface area contributed by atoms with Gasteiger partial charge in [0.2, 0.25) is 0 Å². The molecule has 0 amide bonds. The van der Waals surface area contributed by atoms with Gasteiger partial charge < -0.3 is 4.74 Å². The van der Waals surface area contributed by atoms with E-state index in [0.717, 1.165) is 30.5 Å². The Hall–Kier alpha value is -0.500. The highest BCUT2D eigenvalue weighted by Crippen LogP contribution is 2.18. The van der Waals surface area contributed by atoms with E-state index in [4.69, 9.17) is 4.74 Å². The summed E-state index contributed by atoms with van der Waals surface area (Å²) >= 11 is 3.46. The molecule has 0 aromatic heterocycles. The fourth-order valence-electron chi connectivity index (χ4n) is 1.52. The second-order valence-corrected chi connectivity index (χ2v) is 4.52. The molecule has 0 aliphatic heterocycles. The van der Waals surface area contributed by atoms with Crippen LogP contribution < -0.4 is 4.74 Å². The summed E-state index contributed by atoms with van der Waals surface area (Å²) < 4.78 is 5.59. The molecule has 1 nitrogen and oxygen atoms in total. The predicted octanol–water partition coefficient (Wildman–Crippen LogP) is 4.11. The molecular formula is C13H19BrO. The maximum atomic E-state index is 5.59. The maximum absolute atomic E-state index is 5.59. The fraction of sp³-hybridized carbons (Fsp3) is 0.538. The van der Waals surface area contributed by atoms with Gasteiger partial charge in [0.05, 0.1) is 6.61 Å². The largest absolute Gasteiger partial charge is 0.494 e. The normalized spacial score (nSPS) is 10.3. The number of aryl methyl sites for hydroxylation is 2. The zero-order valence-electron chi connectivity index (χ0n) is 9.55. The molecule has 0 saturated carbocycles. The first kappa shape index (κ1) is 12.6. The zero-order chi connectivity index (χ0) is 11.1. The van der Waals surface area contributed by atoms with Gasteiger partial charge in [0, 0.05) is 5.33 Å². The first-order chi connectivity index (χ1) is 7.27. The Bertz CT molecular complexity index is 297. The summed E-state index contributed by atoms with van der Waals surface area (Å²) in [6.07, 6.45) is 3.39. The van der Waals surface area contributed by atoms with Crippen molar-refractivity contribution >= 4 is 15.9 Å². The Labute approximate surface area is 101 Å². The van der Waals surface area contributed by atoms with Crippen LogP contribution in [-0.2, 0) is 6.42 Å². The summed E-state index contributed by atoms with van der Waals surface area (Å²) in [7, 11) is 0. The Balaban J connectivity index is 2.61. The average molecular weight is 271 g/mol. The predicted molar refractivity (Wildman–Crippen MR) is 69.1 cm³/mol. The summed E-state index contributed by atoms with van der Waals surface area (Å²) in [5.41, 5.74) is 2.77. The molecule has 0 aliphatic rings. The van der Waals surface area contributed by atoms with Crippen LogP contribution in [0.15, 0.2) is 18.2 Å². The third-order valence-electron chi connectivity index (χ3n) is 2.37. The van der Waals surface area contributed by atoms with E-state index in [9.17, 15) is 0 Å². The van der Waals surface area contributed by atoms with Crippen LogP contribution in [-0.4, -0.2) is 11.9 Å². The van der Waals surface area contributed by atoms with Crippen molar-refractivity contribution in [1.29, 1.82) is 0 Å². The Morgan fingerprint density at radius 3 is 2.73 bits per heavy atom. The van der Waals surface area contributed by atoms with Crippen LogP contribution in [0.2, 0.25) is 0 Å². The Kier molecular flexibility index (Phi) is 5.77. The number of hydrogen-bond donors (Lipinski definition) is 0. The lowest BCUT2D eigenvalue weighted by Gasteiger charge is -2.09. The van der Waals surface area contributed by atoms with Crippen molar-refractivity contribution in [3.8, 4) is 5.75 Å². The molecule has 2 heteroatoms. The van der Waals surface area contributed by atoms with Gasteiger partial charge >= 0.3 is 0 Å². The van der Waals surface area contributed by atoms with Gasteiger partial charge in [0.1, 0.15) is 5.75 Å². The first-order valence-electron chi connectivity index (χ1n) is 5.56. The van der Waals surface area contributed by atoms with Crippen molar-refractivity contribution in [3.63, 3.8) is 0 Å². The number of rotatable bonds is 6. The van der Waals surface area contributed by atoms with Gasteiger partial charge in [0.15, 0.2) is 0 Å². The van der Waals surface area contributed by atoms with Crippen molar-refractivity contribution in [2.45, 2.75) is 33.1 Å². The van der Waals surface area contributed by atoms with Gasteiger partial charge in [-0.25, -0.2) is 0 Å². The summed E-state index contributed by atoms with van der Waals surface area (Å²) in [5, 5.41) is 1.07. The molecule has 0 N–H and O–H groups in total. The van der Waals surface area contributed by atoms with Gasteiger partial charge in [0.25, 0.3) is 0 Å². The van der Waals surface area contributed by atoms with Crippen molar-refractivity contribution < 1.29 is 4.74 Å². The average Bonchev–Trinajstić information content (AvgIpc) is 2.25. The lowest BCUT2D eigenvalue weighted by Crippen LogP contribution is -1.97. The van der Waals surface area contributed by atoms with Crippen LogP contribution in [0.25, 0.3) is 0 Å². The molecule has 1 aromatic rings. The minimum atomic E-state index is 0.806. The van der Waals surface area contributed by atoms with E-state index in [1.54, 1.807) is 0 Å². The molecule has 0 atom stereocenters. The fourth-order valence-corrected chi connectivity index (χ4v) is 1.80. The minimum Gasteiger partial charge on any atom is -0.494 e. The minimum absolute atomic E-state index is 0.806. The molecule has 0 spiro atoms. The third-order valence-corrected chi connectivity index (χ3v) is 2.93. The molecule has 0 heterocycles. The van der Waals surface area contributed by atoms with Crippen molar-refractivity contribution in [2.75, 3.05) is 11.9 Å². The van der Waals surface area contributed by atoms with Crippen LogP contribution in [0.1, 0.15) is 30.9 Å². The SMILES string of the molecule is CCCOc1ccc(CCCBr)c(C)c1. The van der Waals surface area contributed by atoms with Gasteiger partial charge in [-0.3, -0.25) is 0 Å². The number of halogens is 1. The third kappa shape index (κ3) is 4.25. The summed E-state index contributed by atoms with van der Waals surface area (Å²) in [5.74, 6) is 0.997. The summed E-state index contributed by atoms with van der Waals surface area (Å²) in [6.45, 7) is 5.08. The molecule has 0 saturated heterocycles. The number of benzene rings is 1. The standard InChI is InChI=1S/C13H19BrO/c1-3-9-15-13-7-6-12(5-4-8-14)11(2)10-13/h6-7,10H,3-5,8-9H2,1-2H3. The second-order valence-electron chi connectivity index (χ2n) is 3.73. The van der Waals surface area contributed by atoms with Crippen molar-refractivity contribution in [3.05, 3.63) is 29.3 Å². The molecule has 0 radical (unpaired) electrons. The smallest absolute Gasteiger partial charge is 0.119 e. The van der Waals surface area contributed by atoms with Gasteiger partial charge in [-0.15, -0.1) is 0 Å². The molecule has 1 aromatic carbocycles. The van der Waals surface area contributed by atoms with Crippen LogP contribution in [0, 0.1) is 6.92 Å². The lowest BCUT2D eigenvalue weighted by atomic mass is 10.0. The van der Waals surface area contributed by atoms with Gasteiger partial charge in [-0.2, -0.15) is 0 Å². The Morgan fingerprint density at radius 1 is 1.33 bits per heavy atom. The number of hydrogen-bond acceptors (Lipinski definition) is 1. The van der Waals surface area contributed by atoms with E-state index in [2.05, 4.69) is 48.0 Å². The van der Waals surface area contributed by atoms with Crippen molar-refractivity contribution in [1.82, 2.24) is 0 Å². The summed E-state index contributed by atoms with van der Waals surface area (Å²) in [4.78, 5) is 0. The van der Waals surface area contributed by atoms with Crippen LogP contribution in [0.5, 0.6) is 5.75 Å². The first-order valence-corrected chi connectivity index (χ1v) is 6.68. The molecule has 15 heavy (non-hydrogen) atoms. The van der Waals surface area contributed by atoms with Crippen LogP contribution >= 0.6 is 15.9 Å². The van der Waals surface area contributed by atoms with Crippen LogP contribution in [0.4, 0.5) is 0 Å². The molecule has 0 bridgehead atoms. The molecule has 0 aliphatic carbocycles. The quantitative estimate of drug-likeness (QED) is 0.707. The topological polar surface area (TPSA) is 9.23 Å². The molecule has 84 valence electrons. The Morgan fingerprint density at radius 2 is 2.13 bits per heavy atom. The van der Waals surface area contributed by atoms with E-state index in [0.29, 0.717) is 0 Å². The number of ether oxygens (including phenoxy) is 1. The molecule has 0 fully saturated rings. The zero-order valence-corrected chi connectivity index (χ0v) is 11.1. The maximum Gasteiger partial charge on any atom is 0.119 e. The van der Waals surface area contributed by atoms with E-state index in [-0.39, 0.29) is 0 Å². The molecular weight excluding hydrogens is 252 g/mol. The van der Waals surface area contributed by atoms with E-state index < -0.39 is 0 Å². The number of alkyl halides is 1. The van der Waals surface area contributed by atoms with Gasteiger partial charge in [-0.05, 0) is 49.4 Å². The van der Waals surface area contributed by atoms with Crippen LogP contribution in [0.3, 0.4) is 0 Å². The van der Waals surface area contributed by atoms with E-state index in [1.807, 2.05) is 0 Å². The van der Waals surface area contributed by atoms with E-state index in [1.165, 1.54) is 17.5 Å². The highest BCUT2D eigenvalue weighted by molar-refractivity contribution is 9.09. The highest BCUT2D eigenvalue weighted by Gasteiger charge is 2.00. The van der Waals surface area contributed by atoms with Crippen molar-refractivity contribution in [2.24, 2.45) is 0 Å². The highest BCUT2D eigenvalue weighted by atomic mass is 79.9.